The molecule has 7 heteroatoms. The predicted octanol–water partition coefficient (Wildman–Crippen LogP) is 3.38. The van der Waals surface area contributed by atoms with Gasteiger partial charge in [-0.2, -0.15) is 0 Å². The van der Waals surface area contributed by atoms with Gasteiger partial charge in [0.2, 0.25) is 11.8 Å². The highest BCUT2D eigenvalue weighted by molar-refractivity contribution is 5.89. The first-order valence-corrected chi connectivity index (χ1v) is 10.2. The van der Waals surface area contributed by atoms with Crippen LogP contribution in [0.3, 0.4) is 0 Å². The molecule has 0 spiro atoms. The summed E-state index contributed by atoms with van der Waals surface area (Å²) in [5.74, 6) is -1.68. The zero-order chi connectivity index (χ0) is 21.1. The fraction of sp³-hybridized carbons (Fsp3) is 0.391. The number of piperidine rings is 1. The molecule has 1 atom stereocenters. The highest BCUT2D eigenvalue weighted by Gasteiger charge is 2.37. The molecule has 1 unspecified atom stereocenters. The lowest BCUT2D eigenvalue weighted by atomic mass is 10.0. The lowest BCUT2D eigenvalue weighted by Crippen LogP contribution is -2.44. The Bertz CT molecular complexity index is 914. The van der Waals surface area contributed by atoms with Gasteiger partial charge in [0.15, 0.2) is 11.6 Å². The summed E-state index contributed by atoms with van der Waals surface area (Å²) in [6, 6.07) is 13.0. The van der Waals surface area contributed by atoms with Gasteiger partial charge in [0.1, 0.15) is 11.9 Å². The standard InChI is InChI=1S/C23H24F2N2O3/c24-18-6-7-21(20(25)13-18)30-19-8-10-26(11-9-19)23(29)17-12-22(28)27(15-17)14-16-4-2-1-3-5-16/h1-7,13,17,19H,8-12,14-15H2. The molecule has 0 saturated carbocycles. The van der Waals surface area contributed by atoms with Crippen LogP contribution in [0.2, 0.25) is 0 Å². The third kappa shape index (κ3) is 4.61. The first-order valence-electron chi connectivity index (χ1n) is 10.2. The zero-order valence-corrected chi connectivity index (χ0v) is 16.6. The molecule has 4 rings (SSSR count). The third-order valence-corrected chi connectivity index (χ3v) is 5.72. The molecule has 0 aliphatic carbocycles. The van der Waals surface area contributed by atoms with Crippen molar-refractivity contribution in [2.24, 2.45) is 5.92 Å². The average Bonchev–Trinajstić information content (AvgIpc) is 3.11. The summed E-state index contributed by atoms with van der Waals surface area (Å²) < 4.78 is 32.5. The minimum Gasteiger partial charge on any atom is -0.487 e. The van der Waals surface area contributed by atoms with E-state index < -0.39 is 11.6 Å². The largest absolute Gasteiger partial charge is 0.487 e. The highest BCUT2D eigenvalue weighted by atomic mass is 19.1. The van der Waals surface area contributed by atoms with Crippen LogP contribution in [0.5, 0.6) is 5.75 Å². The van der Waals surface area contributed by atoms with E-state index in [2.05, 4.69) is 0 Å². The van der Waals surface area contributed by atoms with Gasteiger partial charge < -0.3 is 14.5 Å². The second kappa shape index (κ2) is 8.81. The van der Waals surface area contributed by atoms with Crippen LogP contribution in [0.25, 0.3) is 0 Å². The monoisotopic (exact) mass is 414 g/mol. The van der Waals surface area contributed by atoms with Gasteiger partial charge in [0.05, 0.1) is 5.92 Å². The van der Waals surface area contributed by atoms with Crippen molar-refractivity contribution in [3.63, 3.8) is 0 Å². The maximum absolute atomic E-state index is 13.8. The van der Waals surface area contributed by atoms with Gasteiger partial charge in [-0.05, 0) is 17.7 Å². The summed E-state index contributed by atoms with van der Waals surface area (Å²) >= 11 is 0. The summed E-state index contributed by atoms with van der Waals surface area (Å²) in [6.45, 7) is 1.94. The highest BCUT2D eigenvalue weighted by Crippen LogP contribution is 2.26. The summed E-state index contributed by atoms with van der Waals surface area (Å²) in [6.07, 6.45) is 1.14. The van der Waals surface area contributed by atoms with Crippen LogP contribution in [0, 0.1) is 17.6 Å². The number of likely N-dealkylation sites (tertiary alicyclic amines) is 2. The van der Waals surface area contributed by atoms with Gasteiger partial charge in [-0.15, -0.1) is 0 Å². The normalized spacial score (nSPS) is 19.9. The van der Waals surface area contributed by atoms with Gasteiger partial charge >= 0.3 is 0 Å². The van der Waals surface area contributed by atoms with Gasteiger partial charge in [-0.25, -0.2) is 8.78 Å². The number of nitrogens with zero attached hydrogens (tertiary/aromatic N) is 2. The molecule has 5 nitrogen and oxygen atoms in total. The van der Waals surface area contributed by atoms with Crippen molar-refractivity contribution < 1.29 is 23.1 Å². The van der Waals surface area contributed by atoms with Crippen molar-refractivity contribution in [2.45, 2.75) is 31.9 Å². The van der Waals surface area contributed by atoms with E-state index in [9.17, 15) is 18.4 Å². The number of carbonyl (C=O) groups is 2. The minimum atomic E-state index is -0.725. The first-order chi connectivity index (χ1) is 14.5. The minimum absolute atomic E-state index is 0.00204. The molecule has 2 saturated heterocycles. The van der Waals surface area contributed by atoms with Crippen molar-refractivity contribution in [3.05, 3.63) is 65.7 Å². The number of ether oxygens (including phenoxy) is 1. The molecule has 2 heterocycles. The Kier molecular flexibility index (Phi) is 5.97. The SMILES string of the molecule is O=C1CC(C(=O)N2CCC(Oc3ccc(F)cc3F)CC2)CN1Cc1ccccc1. The molecule has 158 valence electrons. The Morgan fingerprint density at radius 2 is 1.80 bits per heavy atom. The van der Waals surface area contributed by atoms with Gasteiger partial charge in [-0.1, -0.05) is 30.3 Å². The first kappa shape index (κ1) is 20.3. The molecule has 0 aromatic heterocycles. The van der Waals surface area contributed by atoms with E-state index in [0.29, 0.717) is 39.0 Å². The average molecular weight is 414 g/mol. The number of hydrogen-bond acceptors (Lipinski definition) is 3. The number of benzene rings is 2. The van der Waals surface area contributed by atoms with Crippen molar-refractivity contribution in [1.29, 1.82) is 0 Å². The lowest BCUT2D eigenvalue weighted by molar-refractivity contribution is -0.137. The Hall–Kier alpha value is -2.96. The third-order valence-electron chi connectivity index (χ3n) is 5.72. The second-order valence-corrected chi connectivity index (χ2v) is 7.88. The molecule has 30 heavy (non-hydrogen) atoms. The Morgan fingerprint density at radius 1 is 1.07 bits per heavy atom. The van der Waals surface area contributed by atoms with E-state index in [0.717, 1.165) is 17.7 Å². The fourth-order valence-electron chi connectivity index (χ4n) is 4.10. The zero-order valence-electron chi connectivity index (χ0n) is 16.6. The van der Waals surface area contributed by atoms with Crippen LogP contribution in [-0.4, -0.2) is 47.4 Å². The molecule has 0 radical (unpaired) electrons. The van der Waals surface area contributed by atoms with E-state index in [1.807, 2.05) is 30.3 Å². The Labute approximate surface area is 174 Å². The number of halogens is 2. The summed E-state index contributed by atoms with van der Waals surface area (Å²) in [7, 11) is 0. The smallest absolute Gasteiger partial charge is 0.227 e. The molecule has 2 aromatic carbocycles. The van der Waals surface area contributed by atoms with Crippen LogP contribution < -0.4 is 4.74 Å². The Balaban J connectivity index is 1.28. The van der Waals surface area contributed by atoms with Gasteiger partial charge in [0, 0.05) is 51.5 Å². The lowest BCUT2D eigenvalue weighted by Gasteiger charge is -2.33. The van der Waals surface area contributed by atoms with E-state index in [1.54, 1.807) is 9.80 Å². The maximum Gasteiger partial charge on any atom is 0.227 e. The molecule has 2 aliphatic heterocycles. The molecular formula is C23H24F2N2O3. The Morgan fingerprint density at radius 3 is 2.50 bits per heavy atom. The van der Waals surface area contributed by atoms with Crippen LogP contribution >= 0.6 is 0 Å². The molecule has 2 fully saturated rings. The van der Waals surface area contributed by atoms with Crippen molar-refractivity contribution in [2.75, 3.05) is 19.6 Å². The maximum atomic E-state index is 13.8. The van der Waals surface area contributed by atoms with Crippen LogP contribution in [0.1, 0.15) is 24.8 Å². The van der Waals surface area contributed by atoms with Crippen molar-refractivity contribution in [3.8, 4) is 5.75 Å². The van der Waals surface area contributed by atoms with E-state index in [4.69, 9.17) is 4.74 Å². The van der Waals surface area contributed by atoms with Crippen molar-refractivity contribution >= 4 is 11.8 Å². The summed E-state index contributed by atoms with van der Waals surface area (Å²) in [5, 5.41) is 0. The molecule has 2 amide bonds. The predicted molar refractivity (Wildman–Crippen MR) is 107 cm³/mol. The molecule has 0 N–H and O–H groups in total. The second-order valence-electron chi connectivity index (χ2n) is 7.88. The van der Waals surface area contributed by atoms with Crippen LogP contribution in [0.4, 0.5) is 8.78 Å². The van der Waals surface area contributed by atoms with E-state index in [-0.39, 0.29) is 36.0 Å². The number of hydrogen-bond donors (Lipinski definition) is 0. The number of carbonyl (C=O) groups excluding carboxylic acids is 2. The number of amides is 2. The quantitative estimate of drug-likeness (QED) is 0.754. The van der Waals surface area contributed by atoms with Gasteiger partial charge in [0.25, 0.3) is 0 Å². The van der Waals surface area contributed by atoms with E-state index >= 15 is 0 Å². The van der Waals surface area contributed by atoms with Crippen molar-refractivity contribution in [1.82, 2.24) is 9.80 Å². The molecule has 2 aromatic rings. The topological polar surface area (TPSA) is 49.9 Å². The molecular weight excluding hydrogens is 390 g/mol. The summed E-state index contributed by atoms with van der Waals surface area (Å²) in [4.78, 5) is 28.8. The van der Waals surface area contributed by atoms with E-state index in [1.165, 1.54) is 6.07 Å². The fourth-order valence-corrected chi connectivity index (χ4v) is 4.10. The number of rotatable bonds is 5. The molecule has 0 bridgehead atoms. The summed E-state index contributed by atoms with van der Waals surface area (Å²) in [5.41, 5.74) is 1.05. The van der Waals surface area contributed by atoms with Gasteiger partial charge in [-0.3, -0.25) is 9.59 Å². The van der Waals surface area contributed by atoms with Crippen LogP contribution in [-0.2, 0) is 16.1 Å². The molecule has 2 aliphatic rings. The van der Waals surface area contributed by atoms with Crippen LogP contribution in [0.15, 0.2) is 48.5 Å².